The maximum Gasteiger partial charge on any atom is 0.407 e. The highest BCUT2D eigenvalue weighted by Crippen LogP contribution is 2.52. The van der Waals surface area contributed by atoms with E-state index >= 15 is 0 Å². The molecule has 7 atom stereocenters. The fraction of sp³-hybridized carbons (Fsp3) is 0.865. The lowest BCUT2D eigenvalue weighted by Crippen LogP contribution is -2.57. The van der Waals surface area contributed by atoms with Crippen molar-refractivity contribution >= 4 is 29.8 Å². The largest absolute Gasteiger partial charge is 0.481 e. The number of alkyl halides is 6. The molecular formula is C37H54F6N2O12. The van der Waals surface area contributed by atoms with Gasteiger partial charge >= 0.3 is 36.2 Å². The van der Waals surface area contributed by atoms with Gasteiger partial charge in [-0.1, -0.05) is 0 Å². The Morgan fingerprint density at radius 2 is 1.09 bits per heavy atom. The average molecular weight is 833 g/mol. The van der Waals surface area contributed by atoms with Gasteiger partial charge < -0.3 is 39.7 Å². The Hall–Kier alpha value is -3.23. The molecule has 0 aromatic heterocycles. The van der Waals surface area contributed by atoms with E-state index in [1.807, 2.05) is 0 Å². The van der Waals surface area contributed by atoms with Gasteiger partial charge in [0.15, 0.2) is 0 Å². The Morgan fingerprint density at radius 3 is 1.53 bits per heavy atom. The molecule has 0 bridgehead atoms. The standard InChI is InChI=1S/C37H54F6N2O12/c1-54-33(51)20-5-13-25(31(47)48)27(15-20)29(45-53)19-3-9-23(10-4-19)56-17-35(36(38,39)40,37(41,42)43)18-57-24-11-7-22(8-12-24)44-30(46)28-16-21(34(52)55-2)6-14-26(28)32(49)50/h19-29,45,53H,3-18H2,1-2H3,(H,44,46)(H,47,48)(H,49,50). The average Bonchev–Trinajstić information content (AvgIpc) is 3.17. The molecule has 14 nitrogen and oxygen atoms in total. The van der Waals surface area contributed by atoms with Crippen LogP contribution in [0.4, 0.5) is 26.3 Å². The molecule has 0 aromatic rings. The molecular weight excluding hydrogens is 778 g/mol. The van der Waals surface area contributed by atoms with Gasteiger partial charge in [0.05, 0.1) is 69.2 Å². The molecule has 0 radical (unpaired) electrons. The summed E-state index contributed by atoms with van der Waals surface area (Å²) in [6.45, 7) is -3.52. The number of carboxylic acid groups (broad SMARTS) is 2. The number of carboxylic acids is 2. The van der Waals surface area contributed by atoms with Gasteiger partial charge in [-0.2, -0.15) is 26.3 Å². The molecule has 0 aliphatic heterocycles. The van der Waals surface area contributed by atoms with Gasteiger partial charge in [-0.3, -0.25) is 24.0 Å². The summed E-state index contributed by atoms with van der Waals surface area (Å²) in [7, 11) is 2.39. The number of amides is 1. The summed E-state index contributed by atoms with van der Waals surface area (Å²) >= 11 is 0. The van der Waals surface area contributed by atoms with E-state index in [0.29, 0.717) is 0 Å². The first-order chi connectivity index (χ1) is 26.8. The predicted molar refractivity (Wildman–Crippen MR) is 183 cm³/mol. The molecule has 5 N–H and O–H groups in total. The van der Waals surface area contributed by atoms with Crippen LogP contribution < -0.4 is 10.8 Å². The number of methoxy groups -OCH3 is 2. The Labute approximate surface area is 326 Å². The van der Waals surface area contributed by atoms with Crippen molar-refractivity contribution in [3.63, 3.8) is 0 Å². The van der Waals surface area contributed by atoms with Crippen LogP contribution in [0.25, 0.3) is 0 Å². The van der Waals surface area contributed by atoms with Crippen molar-refractivity contribution in [2.75, 3.05) is 27.4 Å². The Morgan fingerprint density at radius 1 is 0.632 bits per heavy atom. The highest BCUT2D eigenvalue weighted by molar-refractivity contribution is 5.86. The third kappa shape index (κ3) is 11.1. The third-order valence-electron chi connectivity index (χ3n) is 12.9. The van der Waals surface area contributed by atoms with E-state index in [2.05, 4.69) is 10.8 Å². The second-order valence-corrected chi connectivity index (χ2v) is 16.1. The van der Waals surface area contributed by atoms with Gasteiger partial charge in [0.1, 0.15) is 0 Å². The van der Waals surface area contributed by atoms with Gasteiger partial charge in [-0.25, -0.2) is 5.48 Å². The van der Waals surface area contributed by atoms with Crippen LogP contribution in [0.15, 0.2) is 0 Å². The SMILES string of the molecule is COC(=O)C1CCC(C(=O)O)C(C(=O)NC2CCC(OCC(COC3CCC(C(NO)C4CC(C(=O)OC)CCC4C(=O)O)CC3)(C(F)(F)F)C(F)(F)F)CC2)C1. The number of hydrogen-bond acceptors (Lipinski definition) is 11. The van der Waals surface area contributed by atoms with E-state index in [0.717, 1.165) is 0 Å². The van der Waals surface area contributed by atoms with E-state index in [4.69, 9.17) is 18.9 Å². The summed E-state index contributed by atoms with van der Waals surface area (Å²) < 4.78 is 107. The van der Waals surface area contributed by atoms with Crippen molar-refractivity contribution in [2.45, 2.75) is 127 Å². The quantitative estimate of drug-likeness (QED) is 0.0834. The molecule has 20 heteroatoms. The van der Waals surface area contributed by atoms with E-state index in [-0.39, 0.29) is 89.9 Å². The molecule has 0 heterocycles. The van der Waals surface area contributed by atoms with Gasteiger partial charge in [0, 0.05) is 12.1 Å². The monoisotopic (exact) mass is 832 g/mol. The molecule has 57 heavy (non-hydrogen) atoms. The Bertz CT molecular complexity index is 1390. The zero-order valence-electron chi connectivity index (χ0n) is 31.9. The summed E-state index contributed by atoms with van der Waals surface area (Å²) in [4.78, 5) is 61.3. The van der Waals surface area contributed by atoms with Crippen LogP contribution in [0, 0.1) is 46.8 Å². The fourth-order valence-electron chi connectivity index (χ4n) is 9.32. The molecule has 7 unspecified atom stereocenters. The molecule has 4 aliphatic carbocycles. The van der Waals surface area contributed by atoms with Crippen molar-refractivity contribution in [3.8, 4) is 0 Å². The minimum Gasteiger partial charge on any atom is -0.481 e. The number of rotatable bonds is 15. The van der Waals surface area contributed by atoms with E-state index < -0.39 is 126 Å². The first-order valence-corrected chi connectivity index (χ1v) is 19.4. The second kappa shape index (κ2) is 19.7. The number of ether oxygens (including phenoxy) is 4. The normalized spacial score (nSPS) is 32.1. The zero-order valence-corrected chi connectivity index (χ0v) is 31.9. The summed E-state index contributed by atoms with van der Waals surface area (Å²) in [5, 5.41) is 32.3. The summed E-state index contributed by atoms with van der Waals surface area (Å²) in [5.41, 5.74) is -2.19. The number of nitrogens with one attached hydrogen (secondary N) is 2. The molecule has 4 saturated carbocycles. The molecule has 0 aromatic carbocycles. The van der Waals surface area contributed by atoms with E-state index in [1.54, 1.807) is 0 Å². The van der Waals surface area contributed by atoms with Crippen molar-refractivity contribution < 1.29 is 84.7 Å². The van der Waals surface area contributed by atoms with Gasteiger partial charge in [-0.15, -0.1) is 0 Å². The maximum atomic E-state index is 14.5. The Kier molecular flexibility index (Phi) is 16.0. The van der Waals surface area contributed by atoms with Crippen LogP contribution in [0.5, 0.6) is 0 Å². The lowest BCUT2D eigenvalue weighted by molar-refractivity contribution is -0.368. The van der Waals surface area contributed by atoms with Crippen molar-refractivity contribution in [1.82, 2.24) is 10.8 Å². The summed E-state index contributed by atoms with van der Waals surface area (Å²) in [6, 6.07) is -1.35. The van der Waals surface area contributed by atoms with Crippen molar-refractivity contribution in [1.29, 1.82) is 0 Å². The zero-order chi connectivity index (χ0) is 42.3. The molecule has 1 amide bonds. The predicted octanol–water partition coefficient (Wildman–Crippen LogP) is 5.04. The minimum atomic E-state index is -5.81. The topological polar surface area (TPSA) is 207 Å². The third-order valence-corrected chi connectivity index (χ3v) is 12.9. The molecule has 326 valence electrons. The van der Waals surface area contributed by atoms with Crippen LogP contribution in [0.2, 0.25) is 0 Å². The Balaban J connectivity index is 1.33. The number of aliphatic carboxylic acids is 2. The summed E-state index contributed by atoms with van der Waals surface area (Å²) in [6.07, 6.45) is -12.0. The van der Waals surface area contributed by atoms with Crippen molar-refractivity contribution in [2.24, 2.45) is 46.8 Å². The number of hydroxylamine groups is 1. The van der Waals surface area contributed by atoms with Gasteiger partial charge in [0.2, 0.25) is 11.3 Å². The van der Waals surface area contributed by atoms with Gasteiger partial charge in [0.25, 0.3) is 0 Å². The highest BCUT2D eigenvalue weighted by atomic mass is 19.4. The number of halogens is 6. The molecule has 0 saturated heterocycles. The molecule has 4 rings (SSSR count). The van der Waals surface area contributed by atoms with E-state index in [1.165, 1.54) is 14.2 Å². The van der Waals surface area contributed by atoms with Gasteiger partial charge in [-0.05, 0) is 102 Å². The van der Waals surface area contributed by atoms with Crippen LogP contribution in [-0.2, 0) is 42.9 Å². The first-order valence-electron chi connectivity index (χ1n) is 19.4. The van der Waals surface area contributed by atoms with Crippen LogP contribution in [0.3, 0.4) is 0 Å². The van der Waals surface area contributed by atoms with Crippen LogP contribution >= 0.6 is 0 Å². The van der Waals surface area contributed by atoms with Crippen LogP contribution in [-0.4, -0.2) is 109 Å². The number of carbonyl (C=O) groups is 5. The van der Waals surface area contributed by atoms with Crippen LogP contribution in [0.1, 0.15) is 89.9 Å². The smallest absolute Gasteiger partial charge is 0.407 e. The number of carbonyl (C=O) groups excluding carboxylic acids is 3. The number of esters is 2. The minimum absolute atomic E-state index is 0.0174. The second-order valence-electron chi connectivity index (χ2n) is 16.1. The lowest BCUT2D eigenvalue weighted by Gasteiger charge is -2.43. The fourth-order valence-corrected chi connectivity index (χ4v) is 9.32. The van der Waals surface area contributed by atoms with Crippen molar-refractivity contribution in [3.05, 3.63) is 0 Å². The maximum absolute atomic E-state index is 14.5. The number of hydrogen-bond donors (Lipinski definition) is 5. The highest BCUT2D eigenvalue weighted by Gasteiger charge is 2.71. The molecule has 4 aliphatic rings. The van der Waals surface area contributed by atoms with E-state index in [9.17, 15) is 65.7 Å². The molecule has 4 fully saturated rings. The summed E-state index contributed by atoms with van der Waals surface area (Å²) in [5.74, 6) is -9.30. The molecule has 0 spiro atoms. The first kappa shape index (κ1) is 46.5. The lowest BCUT2D eigenvalue weighted by atomic mass is 9.66.